The molecular weight excluding hydrogens is 331 g/mol. The van der Waals surface area contributed by atoms with Crippen molar-refractivity contribution >= 4 is 21.6 Å². The molecule has 0 aliphatic heterocycles. The summed E-state index contributed by atoms with van der Waals surface area (Å²) in [6.45, 7) is 1.85. The number of hydrogen-bond acceptors (Lipinski definition) is 1. The zero-order chi connectivity index (χ0) is 14.7. The first kappa shape index (κ1) is 14.9. The molecule has 2 aromatic carbocycles. The van der Waals surface area contributed by atoms with Crippen molar-refractivity contribution in [1.29, 1.82) is 0 Å². The average molecular weight is 344 g/mol. The fourth-order valence-electron chi connectivity index (χ4n) is 1.93. The van der Waals surface area contributed by atoms with E-state index >= 15 is 0 Å². The standard InChI is InChI=1S/C15H13BrF3N/c1-9(8-10-2-4-11(16)5-3-10)20-13-7-6-12(17)14(18)15(13)19/h2-7,9,20H,8H2,1H3. The second-order valence-corrected chi connectivity index (χ2v) is 5.51. The maximum absolute atomic E-state index is 13.5. The van der Waals surface area contributed by atoms with Gasteiger partial charge in [-0.25, -0.2) is 13.2 Å². The second-order valence-electron chi connectivity index (χ2n) is 4.60. The van der Waals surface area contributed by atoms with E-state index in [9.17, 15) is 13.2 Å². The molecule has 0 spiro atoms. The Morgan fingerprint density at radius 2 is 1.65 bits per heavy atom. The Labute approximate surface area is 123 Å². The normalized spacial score (nSPS) is 12.2. The van der Waals surface area contributed by atoms with Gasteiger partial charge in [-0.15, -0.1) is 0 Å². The van der Waals surface area contributed by atoms with Gasteiger partial charge in [-0.2, -0.15) is 0 Å². The van der Waals surface area contributed by atoms with Crippen molar-refractivity contribution in [2.24, 2.45) is 0 Å². The first-order chi connectivity index (χ1) is 9.47. The highest BCUT2D eigenvalue weighted by molar-refractivity contribution is 9.10. The predicted molar refractivity (Wildman–Crippen MR) is 77.2 cm³/mol. The van der Waals surface area contributed by atoms with E-state index < -0.39 is 17.5 Å². The van der Waals surface area contributed by atoms with E-state index in [1.807, 2.05) is 31.2 Å². The monoisotopic (exact) mass is 343 g/mol. The van der Waals surface area contributed by atoms with Crippen molar-refractivity contribution in [3.05, 3.63) is 63.9 Å². The zero-order valence-corrected chi connectivity index (χ0v) is 12.3. The zero-order valence-electron chi connectivity index (χ0n) is 10.8. The van der Waals surface area contributed by atoms with Gasteiger partial charge in [0.25, 0.3) is 0 Å². The van der Waals surface area contributed by atoms with Crippen LogP contribution in [0.3, 0.4) is 0 Å². The summed E-state index contributed by atoms with van der Waals surface area (Å²) < 4.78 is 40.5. The van der Waals surface area contributed by atoms with Crippen LogP contribution >= 0.6 is 15.9 Å². The number of halogens is 4. The molecule has 1 unspecified atom stereocenters. The molecule has 106 valence electrons. The van der Waals surface area contributed by atoms with E-state index in [-0.39, 0.29) is 11.7 Å². The van der Waals surface area contributed by atoms with Crippen LogP contribution in [0, 0.1) is 17.5 Å². The molecule has 0 aliphatic rings. The van der Waals surface area contributed by atoms with Crippen LogP contribution in [-0.2, 0) is 6.42 Å². The maximum atomic E-state index is 13.5. The molecule has 2 rings (SSSR count). The average Bonchev–Trinajstić information content (AvgIpc) is 2.42. The van der Waals surface area contributed by atoms with Gasteiger partial charge in [-0.1, -0.05) is 28.1 Å². The summed E-state index contributed by atoms with van der Waals surface area (Å²) in [5.74, 6) is -3.83. The van der Waals surface area contributed by atoms with E-state index in [2.05, 4.69) is 21.2 Å². The number of benzene rings is 2. The minimum Gasteiger partial charge on any atom is -0.380 e. The van der Waals surface area contributed by atoms with Crippen LogP contribution in [0.15, 0.2) is 40.9 Å². The van der Waals surface area contributed by atoms with Crippen LogP contribution < -0.4 is 5.32 Å². The Morgan fingerprint density at radius 1 is 1.00 bits per heavy atom. The molecule has 0 aromatic heterocycles. The molecule has 0 bridgehead atoms. The molecule has 0 saturated carbocycles. The molecular formula is C15H13BrF3N. The highest BCUT2D eigenvalue weighted by Crippen LogP contribution is 2.21. The van der Waals surface area contributed by atoms with Crippen LogP contribution in [0.25, 0.3) is 0 Å². The van der Waals surface area contributed by atoms with Crippen molar-refractivity contribution in [3.8, 4) is 0 Å². The highest BCUT2D eigenvalue weighted by atomic mass is 79.9. The summed E-state index contributed by atoms with van der Waals surface area (Å²) in [5.41, 5.74) is 1.03. The number of anilines is 1. The first-order valence-corrected chi connectivity index (χ1v) is 6.91. The summed E-state index contributed by atoms with van der Waals surface area (Å²) in [5, 5.41) is 2.85. The molecule has 5 heteroatoms. The molecule has 1 atom stereocenters. The fourth-order valence-corrected chi connectivity index (χ4v) is 2.19. The molecule has 0 saturated heterocycles. The molecule has 0 aliphatic carbocycles. The van der Waals surface area contributed by atoms with Gasteiger partial charge in [0.2, 0.25) is 0 Å². The maximum Gasteiger partial charge on any atom is 0.196 e. The van der Waals surface area contributed by atoms with Crippen LogP contribution in [-0.4, -0.2) is 6.04 Å². The van der Waals surface area contributed by atoms with Gasteiger partial charge in [-0.05, 0) is 43.2 Å². The highest BCUT2D eigenvalue weighted by Gasteiger charge is 2.14. The minimum absolute atomic E-state index is 0.0338. The summed E-state index contributed by atoms with van der Waals surface area (Å²) in [4.78, 5) is 0. The van der Waals surface area contributed by atoms with E-state index in [0.717, 1.165) is 16.1 Å². The number of rotatable bonds is 4. The van der Waals surface area contributed by atoms with E-state index in [1.165, 1.54) is 6.07 Å². The Hall–Kier alpha value is -1.49. The van der Waals surface area contributed by atoms with Crippen LogP contribution in [0.1, 0.15) is 12.5 Å². The molecule has 0 heterocycles. The van der Waals surface area contributed by atoms with Crippen LogP contribution in [0.5, 0.6) is 0 Å². The van der Waals surface area contributed by atoms with Crippen molar-refractivity contribution in [2.45, 2.75) is 19.4 Å². The molecule has 0 radical (unpaired) electrons. The first-order valence-electron chi connectivity index (χ1n) is 6.12. The number of hydrogen-bond donors (Lipinski definition) is 1. The molecule has 2 aromatic rings. The lowest BCUT2D eigenvalue weighted by Gasteiger charge is -2.16. The van der Waals surface area contributed by atoms with Crippen molar-refractivity contribution < 1.29 is 13.2 Å². The summed E-state index contributed by atoms with van der Waals surface area (Å²) in [6, 6.07) is 9.73. The second kappa shape index (κ2) is 6.31. The van der Waals surface area contributed by atoms with Gasteiger partial charge in [0.15, 0.2) is 17.5 Å². The third kappa shape index (κ3) is 3.54. The molecule has 1 nitrogen and oxygen atoms in total. The topological polar surface area (TPSA) is 12.0 Å². The molecule has 0 fully saturated rings. The third-order valence-corrected chi connectivity index (χ3v) is 3.42. The number of nitrogens with one attached hydrogen (secondary N) is 1. The lowest BCUT2D eigenvalue weighted by Crippen LogP contribution is -2.19. The van der Waals surface area contributed by atoms with E-state index in [4.69, 9.17) is 0 Å². The predicted octanol–water partition coefficient (Wildman–Crippen LogP) is 4.91. The SMILES string of the molecule is CC(Cc1ccc(Br)cc1)Nc1ccc(F)c(F)c1F. The third-order valence-electron chi connectivity index (χ3n) is 2.89. The lowest BCUT2D eigenvalue weighted by molar-refractivity contribution is 0.448. The molecule has 20 heavy (non-hydrogen) atoms. The quantitative estimate of drug-likeness (QED) is 0.777. The summed E-state index contributed by atoms with van der Waals surface area (Å²) >= 11 is 3.35. The molecule has 1 N–H and O–H groups in total. The van der Waals surface area contributed by atoms with E-state index in [1.54, 1.807) is 0 Å². The molecule has 0 amide bonds. The van der Waals surface area contributed by atoms with Crippen LogP contribution in [0.4, 0.5) is 18.9 Å². The van der Waals surface area contributed by atoms with Gasteiger partial charge in [-0.3, -0.25) is 0 Å². The van der Waals surface area contributed by atoms with Gasteiger partial charge in [0.05, 0.1) is 5.69 Å². The van der Waals surface area contributed by atoms with E-state index in [0.29, 0.717) is 6.42 Å². The Bertz CT molecular complexity index is 599. The lowest BCUT2D eigenvalue weighted by atomic mass is 10.1. The van der Waals surface area contributed by atoms with Gasteiger partial charge >= 0.3 is 0 Å². The van der Waals surface area contributed by atoms with Gasteiger partial charge in [0, 0.05) is 10.5 Å². The Balaban J connectivity index is 2.06. The Morgan fingerprint density at radius 3 is 2.30 bits per heavy atom. The van der Waals surface area contributed by atoms with Crippen molar-refractivity contribution in [1.82, 2.24) is 0 Å². The smallest absolute Gasteiger partial charge is 0.196 e. The van der Waals surface area contributed by atoms with Gasteiger partial charge in [0.1, 0.15) is 0 Å². The van der Waals surface area contributed by atoms with Crippen molar-refractivity contribution in [2.75, 3.05) is 5.32 Å². The van der Waals surface area contributed by atoms with Crippen molar-refractivity contribution in [3.63, 3.8) is 0 Å². The largest absolute Gasteiger partial charge is 0.380 e. The minimum atomic E-state index is -1.45. The van der Waals surface area contributed by atoms with Crippen LogP contribution in [0.2, 0.25) is 0 Å². The summed E-state index contributed by atoms with van der Waals surface area (Å²) in [6.07, 6.45) is 0.645. The fraction of sp³-hybridized carbons (Fsp3) is 0.200. The van der Waals surface area contributed by atoms with Gasteiger partial charge < -0.3 is 5.32 Å². The Kier molecular flexibility index (Phi) is 4.70. The summed E-state index contributed by atoms with van der Waals surface area (Å²) in [7, 11) is 0.